The number of aliphatic carboxylic acids is 1. The number of carboxylic acids is 1. The summed E-state index contributed by atoms with van der Waals surface area (Å²) < 4.78 is 19.0. The topological polar surface area (TPSA) is 100 Å². The van der Waals surface area contributed by atoms with Crippen LogP contribution in [0.25, 0.3) is 22.3 Å². The summed E-state index contributed by atoms with van der Waals surface area (Å²) in [4.78, 5) is 23.1. The first-order valence-electron chi connectivity index (χ1n) is 10.7. The number of carbonyl (C=O) groups is 1. The first kappa shape index (κ1) is 22.4. The summed E-state index contributed by atoms with van der Waals surface area (Å²) in [6, 6.07) is 11.8. The number of rotatable bonds is 10. The van der Waals surface area contributed by atoms with Crippen LogP contribution in [0.2, 0.25) is 0 Å². The van der Waals surface area contributed by atoms with Crippen LogP contribution in [0.3, 0.4) is 0 Å². The van der Waals surface area contributed by atoms with E-state index in [-0.39, 0.29) is 12.2 Å². The number of carboxylic acid groups (broad SMARTS) is 1. The van der Waals surface area contributed by atoms with Gasteiger partial charge in [0.2, 0.25) is 0 Å². The molecule has 2 heterocycles. The number of halogens is 1. The summed E-state index contributed by atoms with van der Waals surface area (Å²) in [6.07, 6.45) is 4.27. The van der Waals surface area contributed by atoms with Crippen LogP contribution in [0.5, 0.6) is 5.75 Å². The number of aryl methyl sites for hydroxylation is 1. The van der Waals surface area contributed by atoms with E-state index in [9.17, 15) is 9.18 Å². The minimum atomic E-state index is -0.864. The third-order valence-electron chi connectivity index (χ3n) is 5.32. The SMILES string of the molecule is Cc1cnc(-c2ccc(F)cc2)nc1CNCCCOc1ccc2[nH]cc(CC(=O)O)c2c1. The average Bonchev–Trinajstić information content (AvgIpc) is 3.19. The fourth-order valence-electron chi connectivity index (χ4n) is 3.54. The largest absolute Gasteiger partial charge is 0.494 e. The van der Waals surface area contributed by atoms with Crippen molar-refractivity contribution in [1.29, 1.82) is 0 Å². The van der Waals surface area contributed by atoms with Crippen molar-refractivity contribution in [3.05, 3.63) is 77.5 Å². The predicted molar refractivity (Wildman–Crippen MR) is 124 cm³/mol. The van der Waals surface area contributed by atoms with Crippen molar-refractivity contribution in [2.45, 2.75) is 26.3 Å². The van der Waals surface area contributed by atoms with E-state index in [1.54, 1.807) is 24.5 Å². The van der Waals surface area contributed by atoms with Crippen molar-refractivity contribution >= 4 is 16.9 Å². The van der Waals surface area contributed by atoms with Crippen molar-refractivity contribution < 1.29 is 19.0 Å². The first-order chi connectivity index (χ1) is 16.0. The standard InChI is InChI=1S/C25H25FN4O3/c1-16-13-29-25(17-3-5-19(26)6-4-17)30-23(16)15-27-9-2-10-33-20-7-8-22-21(12-20)18(14-28-22)11-24(31)32/h3-8,12-14,27-28H,2,9-11,15H2,1H3,(H,31,32). The molecule has 0 aliphatic carbocycles. The minimum Gasteiger partial charge on any atom is -0.494 e. The van der Waals surface area contributed by atoms with E-state index < -0.39 is 5.97 Å². The number of nitrogens with one attached hydrogen (secondary N) is 2. The first-order valence-corrected chi connectivity index (χ1v) is 10.7. The number of nitrogens with zero attached hydrogens (tertiary/aromatic N) is 2. The van der Waals surface area contributed by atoms with Crippen LogP contribution in [0, 0.1) is 12.7 Å². The quantitative estimate of drug-likeness (QED) is 0.314. The molecular weight excluding hydrogens is 423 g/mol. The molecule has 0 bridgehead atoms. The van der Waals surface area contributed by atoms with Crippen molar-refractivity contribution in [2.75, 3.05) is 13.2 Å². The molecule has 0 saturated heterocycles. The van der Waals surface area contributed by atoms with Crippen molar-refractivity contribution in [1.82, 2.24) is 20.3 Å². The number of aromatic nitrogens is 3. The predicted octanol–water partition coefficient (Wildman–Crippen LogP) is 4.26. The van der Waals surface area contributed by atoms with Gasteiger partial charge < -0.3 is 20.1 Å². The lowest BCUT2D eigenvalue weighted by molar-refractivity contribution is -0.136. The number of fused-ring (bicyclic) bond motifs is 1. The Bertz CT molecular complexity index is 1250. The van der Waals surface area contributed by atoms with E-state index in [4.69, 9.17) is 9.84 Å². The summed E-state index contributed by atoms with van der Waals surface area (Å²) in [5.74, 6) is 0.133. The molecule has 0 saturated carbocycles. The Labute approximate surface area is 190 Å². The second kappa shape index (κ2) is 10.2. The number of hydrogen-bond donors (Lipinski definition) is 3. The van der Waals surface area contributed by atoms with E-state index in [1.165, 1.54) is 12.1 Å². The van der Waals surface area contributed by atoms with Crippen LogP contribution < -0.4 is 10.1 Å². The molecule has 2 aromatic carbocycles. The van der Waals surface area contributed by atoms with Gasteiger partial charge in [-0.15, -0.1) is 0 Å². The number of H-pyrrole nitrogens is 1. The average molecular weight is 448 g/mol. The van der Waals surface area contributed by atoms with Gasteiger partial charge in [0.05, 0.1) is 18.7 Å². The Morgan fingerprint density at radius 2 is 2.03 bits per heavy atom. The third-order valence-corrected chi connectivity index (χ3v) is 5.32. The number of aromatic amines is 1. The van der Waals surface area contributed by atoms with Gasteiger partial charge >= 0.3 is 5.97 Å². The Morgan fingerprint density at radius 1 is 1.21 bits per heavy atom. The maximum Gasteiger partial charge on any atom is 0.307 e. The Kier molecular flexibility index (Phi) is 6.95. The molecule has 170 valence electrons. The molecule has 0 fully saturated rings. The van der Waals surface area contributed by atoms with E-state index in [0.717, 1.165) is 46.3 Å². The fraction of sp³-hybridized carbons (Fsp3) is 0.240. The van der Waals surface area contributed by atoms with Gasteiger partial charge in [-0.25, -0.2) is 14.4 Å². The second-order valence-electron chi connectivity index (χ2n) is 7.80. The van der Waals surface area contributed by atoms with Crippen LogP contribution in [0.4, 0.5) is 4.39 Å². The zero-order valence-electron chi connectivity index (χ0n) is 18.3. The lowest BCUT2D eigenvalue weighted by Crippen LogP contribution is -2.18. The minimum absolute atomic E-state index is 0.0291. The molecule has 33 heavy (non-hydrogen) atoms. The van der Waals surface area contributed by atoms with Crippen LogP contribution in [-0.4, -0.2) is 39.2 Å². The Hall–Kier alpha value is -3.78. The van der Waals surface area contributed by atoms with Crippen molar-refractivity contribution in [3.63, 3.8) is 0 Å². The maximum absolute atomic E-state index is 13.2. The maximum atomic E-state index is 13.2. The number of benzene rings is 2. The smallest absolute Gasteiger partial charge is 0.307 e. The van der Waals surface area contributed by atoms with Gasteiger partial charge in [-0.1, -0.05) is 0 Å². The summed E-state index contributed by atoms with van der Waals surface area (Å²) in [7, 11) is 0. The molecule has 3 N–H and O–H groups in total. The lowest BCUT2D eigenvalue weighted by Gasteiger charge is -2.10. The highest BCUT2D eigenvalue weighted by molar-refractivity contribution is 5.88. The molecule has 0 radical (unpaired) electrons. The Balaban J connectivity index is 1.26. The highest BCUT2D eigenvalue weighted by Gasteiger charge is 2.09. The van der Waals surface area contributed by atoms with Gasteiger partial charge in [-0.05, 0) is 73.5 Å². The molecule has 2 aromatic heterocycles. The molecule has 4 rings (SSSR count). The van der Waals surface area contributed by atoms with Crippen LogP contribution in [0.1, 0.15) is 23.2 Å². The number of hydrogen-bond acceptors (Lipinski definition) is 5. The van der Waals surface area contributed by atoms with E-state index in [0.29, 0.717) is 24.7 Å². The van der Waals surface area contributed by atoms with Crippen LogP contribution in [-0.2, 0) is 17.8 Å². The van der Waals surface area contributed by atoms with Crippen molar-refractivity contribution in [3.8, 4) is 17.1 Å². The summed E-state index contributed by atoms with van der Waals surface area (Å²) in [5.41, 5.74) is 4.29. The molecule has 0 amide bonds. The van der Waals surface area contributed by atoms with E-state index >= 15 is 0 Å². The second-order valence-corrected chi connectivity index (χ2v) is 7.80. The molecule has 0 unspecified atom stereocenters. The van der Waals surface area contributed by atoms with Gasteiger partial charge in [-0.3, -0.25) is 4.79 Å². The van der Waals surface area contributed by atoms with E-state index in [2.05, 4.69) is 20.3 Å². The van der Waals surface area contributed by atoms with Gasteiger partial charge in [0.15, 0.2) is 5.82 Å². The van der Waals surface area contributed by atoms with Gasteiger partial charge in [0.25, 0.3) is 0 Å². The van der Waals surface area contributed by atoms with Gasteiger partial charge in [0, 0.05) is 35.4 Å². The highest BCUT2D eigenvalue weighted by Crippen LogP contribution is 2.24. The molecule has 0 atom stereocenters. The normalized spacial score (nSPS) is 11.1. The highest BCUT2D eigenvalue weighted by atomic mass is 19.1. The fourth-order valence-corrected chi connectivity index (χ4v) is 3.54. The summed E-state index contributed by atoms with van der Waals surface area (Å²) in [6.45, 7) is 3.83. The van der Waals surface area contributed by atoms with E-state index in [1.807, 2.05) is 25.1 Å². The van der Waals surface area contributed by atoms with Crippen molar-refractivity contribution in [2.24, 2.45) is 0 Å². The van der Waals surface area contributed by atoms with Crippen LogP contribution >= 0.6 is 0 Å². The van der Waals surface area contributed by atoms with Crippen LogP contribution in [0.15, 0.2) is 54.9 Å². The number of ether oxygens (including phenoxy) is 1. The monoisotopic (exact) mass is 448 g/mol. The third kappa shape index (κ3) is 5.72. The molecule has 0 aliphatic heterocycles. The zero-order valence-corrected chi connectivity index (χ0v) is 18.3. The zero-order chi connectivity index (χ0) is 23.2. The molecule has 0 aliphatic rings. The van der Waals surface area contributed by atoms with Gasteiger partial charge in [-0.2, -0.15) is 0 Å². The lowest BCUT2D eigenvalue weighted by atomic mass is 10.1. The Morgan fingerprint density at radius 3 is 2.82 bits per heavy atom. The molecule has 0 spiro atoms. The summed E-state index contributed by atoms with van der Waals surface area (Å²) in [5, 5.41) is 13.3. The van der Waals surface area contributed by atoms with Gasteiger partial charge in [0.1, 0.15) is 11.6 Å². The summed E-state index contributed by atoms with van der Waals surface area (Å²) >= 11 is 0. The molecule has 8 heteroatoms. The molecule has 4 aromatic rings. The molecular formula is C25H25FN4O3. The molecule has 7 nitrogen and oxygen atoms in total.